The largest absolute Gasteiger partial charge is 0.352 e. The second-order valence-corrected chi connectivity index (χ2v) is 4.03. The lowest BCUT2D eigenvalue weighted by molar-refractivity contribution is 0.412. The maximum Gasteiger partial charge on any atom is 0.0274 e. The Balaban J connectivity index is 2.85. The predicted octanol–water partition coefficient (Wildman–Crippen LogP) is 3.32. The van der Waals surface area contributed by atoms with Gasteiger partial charge in [0.2, 0.25) is 0 Å². The summed E-state index contributed by atoms with van der Waals surface area (Å²) in [7, 11) is 0. The predicted molar refractivity (Wildman–Crippen MR) is 58.2 cm³/mol. The van der Waals surface area contributed by atoms with Crippen LogP contribution in [-0.2, 0) is 0 Å². The highest BCUT2D eigenvalue weighted by Crippen LogP contribution is 2.16. The average Bonchev–Trinajstić information content (AvgIpc) is 2.28. The van der Waals surface area contributed by atoms with E-state index in [9.17, 15) is 0 Å². The minimum atomic E-state index is 0.532. The van der Waals surface area contributed by atoms with E-state index in [0.29, 0.717) is 12.0 Å². The molecule has 0 fully saturated rings. The summed E-state index contributed by atoms with van der Waals surface area (Å²) in [6.07, 6.45) is 10.7. The van der Waals surface area contributed by atoms with Crippen molar-refractivity contribution >= 4 is 0 Å². The third-order valence-corrected chi connectivity index (χ3v) is 2.22. The highest BCUT2D eigenvalue weighted by molar-refractivity contribution is 5.27. The van der Waals surface area contributed by atoms with Crippen molar-refractivity contribution in [2.24, 2.45) is 5.92 Å². The Morgan fingerprint density at radius 1 is 1.08 bits per heavy atom. The fourth-order valence-electron chi connectivity index (χ4n) is 1.24. The summed E-state index contributed by atoms with van der Waals surface area (Å²) in [4.78, 5) is 2.25. The van der Waals surface area contributed by atoms with Gasteiger partial charge in [-0.3, -0.25) is 0 Å². The Labute approximate surface area is 81.4 Å². The second-order valence-electron chi connectivity index (χ2n) is 4.03. The van der Waals surface area contributed by atoms with Gasteiger partial charge >= 0.3 is 0 Å². The molecule has 0 unspecified atom stereocenters. The van der Waals surface area contributed by atoms with Gasteiger partial charge in [0.25, 0.3) is 0 Å². The first-order valence-corrected chi connectivity index (χ1v) is 4.95. The van der Waals surface area contributed by atoms with E-state index in [1.165, 1.54) is 5.57 Å². The zero-order valence-electron chi connectivity index (χ0n) is 8.99. The van der Waals surface area contributed by atoms with Crippen LogP contribution in [0.3, 0.4) is 0 Å². The van der Waals surface area contributed by atoms with Crippen molar-refractivity contribution < 1.29 is 0 Å². The highest BCUT2D eigenvalue weighted by atomic mass is 15.1. The number of nitrogens with zero attached hydrogens (tertiary/aromatic N) is 1. The third-order valence-electron chi connectivity index (χ3n) is 2.22. The molecule has 0 radical (unpaired) electrons. The molecule has 1 heteroatoms. The molecule has 13 heavy (non-hydrogen) atoms. The molecule has 0 N–H and O–H groups in total. The molecule has 0 spiro atoms. The molecule has 0 saturated carbocycles. The topological polar surface area (TPSA) is 3.24 Å². The molecule has 0 aromatic rings. The Kier molecular flexibility index (Phi) is 3.35. The smallest absolute Gasteiger partial charge is 0.0274 e. The molecule has 0 atom stereocenters. The Hall–Kier alpha value is -0.980. The first kappa shape index (κ1) is 10.1. The van der Waals surface area contributed by atoms with Gasteiger partial charge in [0.1, 0.15) is 0 Å². The van der Waals surface area contributed by atoms with E-state index < -0.39 is 0 Å². The molecule has 0 bridgehead atoms. The van der Waals surface area contributed by atoms with E-state index in [1.54, 1.807) is 0 Å². The molecule has 0 aromatic carbocycles. The zero-order chi connectivity index (χ0) is 9.84. The number of hydrogen-bond acceptors (Lipinski definition) is 1. The summed E-state index contributed by atoms with van der Waals surface area (Å²) < 4.78 is 0. The molecular weight excluding hydrogens is 158 g/mol. The van der Waals surface area contributed by atoms with Crippen molar-refractivity contribution in [3.63, 3.8) is 0 Å². The van der Waals surface area contributed by atoms with Crippen LogP contribution in [0.25, 0.3) is 0 Å². The molecule has 72 valence electrons. The van der Waals surface area contributed by atoms with Crippen molar-refractivity contribution in [3.8, 4) is 0 Å². The van der Waals surface area contributed by atoms with Crippen LogP contribution in [0.4, 0.5) is 0 Å². The van der Waals surface area contributed by atoms with Crippen LogP contribution in [0.1, 0.15) is 27.7 Å². The molecule has 0 amide bonds. The van der Waals surface area contributed by atoms with Crippen LogP contribution in [-0.4, -0.2) is 10.9 Å². The fraction of sp³-hybridized carbons (Fsp3) is 0.500. The van der Waals surface area contributed by atoms with Crippen molar-refractivity contribution in [1.82, 2.24) is 4.90 Å². The summed E-state index contributed by atoms with van der Waals surface area (Å²) in [5.74, 6) is 0.595. The van der Waals surface area contributed by atoms with Crippen LogP contribution in [0.2, 0.25) is 0 Å². The lowest BCUT2D eigenvalue weighted by Gasteiger charge is -2.21. The van der Waals surface area contributed by atoms with Gasteiger partial charge in [0.15, 0.2) is 0 Å². The van der Waals surface area contributed by atoms with Gasteiger partial charge in [-0.2, -0.15) is 0 Å². The van der Waals surface area contributed by atoms with Crippen LogP contribution in [0.5, 0.6) is 0 Å². The van der Waals surface area contributed by atoms with Crippen LogP contribution in [0.15, 0.2) is 36.2 Å². The number of rotatable bonds is 2. The third kappa shape index (κ3) is 2.76. The highest BCUT2D eigenvalue weighted by Gasteiger charge is 2.06. The van der Waals surface area contributed by atoms with E-state index in [-0.39, 0.29) is 0 Å². The standard InChI is InChI=1S/C12H19N/c1-10(2)12-7-5-6-8-13(9-12)11(3)4/h5-11H,1-4H3. The summed E-state index contributed by atoms with van der Waals surface area (Å²) in [6, 6.07) is 0.532. The molecule has 1 nitrogen and oxygen atoms in total. The second kappa shape index (κ2) is 4.31. The Morgan fingerprint density at radius 3 is 2.31 bits per heavy atom. The van der Waals surface area contributed by atoms with Crippen LogP contribution < -0.4 is 0 Å². The van der Waals surface area contributed by atoms with E-state index in [0.717, 1.165) is 0 Å². The van der Waals surface area contributed by atoms with Crippen molar-refractivity contribution in [1.29, 1.82) is 0 Å². The molecule has 0 saturated heterocycles. The minimum Gasteiger partial charge on any atom is -0.352 e. The van der Waals surface area contributed by atoms with Gasteiger partial charge in [-0.15, -0.1) is 0 Å². The van der Waals surface area contributed by atoms with E-state index in [4.69, 9.17) is 0 Å². The van der Waals surface area contributed by atoms with Gasteiger partial charge in [-0.25, -0.2) is 0 Å². The Bertz CT molecular complexity index is 244. The van der Waals surface area contributed by atoms with E-state index in [1.807, 2.05) is 0 Å². The zero-order valence-corrected chi connectivity index (χ0v) is 8.99. The first-order valence-electron chi connectivity index (χ1n) is 4.95. The SMILES string of the molecule is CC(C)C1=CN(C(C)C)C=CC=C1. The molecule has 0 aromatic heterocycles. The molecular formula is C12H19N. The fourth-order valence-corrected chi connectivity index (χ4v) is 1.24. The lowest BCUT2D eigenvalue weighted by atomic mass is 10.0. The Morgan fingerprint density at radius 2 is 1.77 bits per heavy atom. The van der Waals surface area contributed by atoms with Crippen molar-refractivity contribution in [3.05, 3.63) is 36.2 Å². The summed E-state index contributed by atoms with van der Waals surface area (Å²) in [5.41, 5.74) is 1.39. The minimum absolute atomic E-state index is 0.532. The summed E-state index contributed by atoms with van der Waals surface area (Å²) >= 11 is 0. The van der Waals surface area contributed by atoms with Gasteiger partial charge in [-0.1, -0.05) is 26.0 Å². The van der Waals surface area contributed by atoms with Crippen LogP contribution >= 0.6 is 0 Å². The average molecular weight is 177 g/mol. The van der Waals surface area contributed by atoms with Gasteiger partial charge in [0.05, 0.1) is 0 Å². The van der Waals surface area contributed by atoms with Crippen LogP contribution in [0, 0.1) is 5.92 Å². The monoisotopic (exact) mass is 177 g/mol. The molecule has 1 aliphatic rings. The molecule has 0 aliphatic carbocycles. The summed E-state index contributed by atoms with van der Waals surface area (Å²) in [5, 5.41) is 0. The molecule has 1 heterocycles. The van der Waals surface area contributed by atoms with E-state index >= 15 is 0 Å². The van der Waals surface area contributed by atoms with E-state index in [2.05, 4.69) is 63.2 Å². The number of hydrogen-bond donors (Lipinski definition) is 0. The first-order chi connectivity index (χ1) is 6.11. The van der Waals surface area contributed by atoms with Gasteiger partial charge in [-0.05, 0) is 31.4 Å². The quantitative estimate of drug-likeness (QED) is 0.625. The van der Waals surface area contributed by atoms with Gasteiger partial charge < -0.3 is 4.90 Å². The maximum atomic E-state index is 2.25. The number of allylic oxidation sites excluding steroid dienone is 4. The maximum absolute atomic E-state index is 2.25. The van der Waals surface area contributed by atoms with Crippen molar-refractivity contribution in [2.45, 2.75) is 33.7 Å². The summed E-state index contributed by atoms with van der Waals surface area (Å²) in [6.45, 7) is 8.84. The molecule has 1 rings (SSSR count). The van der Waals surface area contributed by atoms with Gasteiger partial charge in [0, 0.05) is 18.4 Å². The normalized spacial score (nSPS) is 16.8. The molecule has 1 aliphatic heterocycles. The van der Waals surface area contributed by atoms with Crippen molar-refractivity contribution in [2.75, 3.05) is 0 Å². The lowest BCUT2D eigenvalue weighted by Crippen LogP contribution is -2.19.